The van der Waals surface area contributed by atoms with E-state index in [1.54, 1.807) is 0 Å². The number of aryl methyl sites for hydroxylation is 4. The Morgan fingerprint density at radius 3 is 1.88 bits per heavy atom. The molecule has 0 unspecified atom stereocenters. The van der Waals surface area contributed by atoms with E-state index in [9.17, 15) is 9.59 Å². The van der Waals surface area contributed by atoms with Crippen LogP contribution >= 0.6 is 0 Å². The topological polar surface area (TPSA) is 49.4 Å². The van der Waals surface area contributed by atoms with Crippen LogP contribution in [0.15, 0.2) is 66.4 Å². The van der Waals surface area contributed by atoms with Crippen molar-refractivity contribution in [2.75, 3.05) is 10.2 Å². The van der Waals surface area contributed by atoms with Crippen molar-refractivity contribution in [2.45, 2.75) is 53.9 Å². The number of nitrogens with one attached hydrogen (secondary N) is 1. The van der Waals surface area contributed by atoms with E-state index in [1.807, 2.05) is 82.3 Å². The molecule has 0 aliphatic carbocycles. The zero-order valence-corrected chi connectivity index (χ0v) is 21.0. The summed E-state index contributed by atoms with van der Waals surface area (Å²) in [6, 6.07) is 19.6. The van der Waals surface area contributed by atoms with Crippen LogP contribution in [0.2, 0.25) is 0 Å². The predicted octanol–water partition coefficient (Wildman–Crippen LogP) is 6.61. The van der Waals surface area contributed by atoms with Crippen molar-refractivity contribution in [3.63, 3.8) is 0 Å². The largest absolute Gasteiger partial charge is 0.350 e. The van der Waals surface area contributed by atoms with Gasteiger partial charge in [-0.3, -0.25) is 9.59 Å². The van der Waals surface area contributed by atoms with Gasteiger partial charge in [-0.1, -0.05) is 57.2 Å². The van der Waals surface area contributed by atoms with Gasteiger partial charge in [0.1, 0.15) is 5.70 Å². The standard InChI is InChI=1S/C30H32N2O2/c1-18-14-19(2)16-24(15-18)31-27-26(22-9-8-20(3)21(4)17-22)28(33)32(29(27)34)25-12-10-23(11-13-25)30(5,6)7/h8-17,31H,1-7H3. The van der Waals surface area contributed by atoms with Crippen LogP contribution in [0.4, 0.5) is 11.4 Å². The fraction of sp³-hybridized carbons (Fsp3) is 0.267. The normalized spacial score (nSPS) is 14.3. The summed E-state index contributed by atoms with van der Waals surface area (Å²) >= 11 is 0. The Labute approximate surface area is 202 Å². The zero-order valence-electron chi connectivity index (χ0n) is 21.0. The summed E-state index contributed by atoms with van der Waals surface area (Å²) in [5, 5.41) is 3.29. The molecule has 1 N–H and O–H groups in total. The van der Waals surface area contributed by atoms with Gasteiger partial charge < -0.3 is 5.32 Å². The van der Waals surface area contributed by atoms with E-state index in [4.69, 9.17) is 0 Å². The number of nitrogens with zero attached hydrogens (tertiary/aromatic N) is 1. The number of carbonyl (C=O) groups is 2. The third kappa shape index (κ3) is 4.41. The minimum absolute atomic E-state index is 0.0177. The van der Waals surface area contributed by atoms with E-state index in [0.717, 1.165) is 39.1 Å². The summed E-state index contributed by atoms with van der Waals surface area (Å²) in [5.74, 6) is -0.662. The van der Waals surface area contributed by atoms with Gasteiger partial charge in [-0.15, -0.1) is 0 Å². The van der Waals surface area contributed by atoms with Crippen LogP contribution in [-0.4, -0.2) is 11.8 Å². The quantitative estimate of drug-likeness (QED) is 0.453. The molecule has 174 valence electrons. The first-order chi connectivity index (χ1) is 16.0. The van der Waals surface area contributed by atoms with Gasteiger partial charge in [-0.25, -0.2) is 4.90 Å². The van der Waals surface area contributed by atoms with Gasteiger partial charge in [-0.05, 0) is 90.8 Å². The Hall–Kier alpha value is -3.66. The summed E-state index contributed by atoms with van der Waals surface area (Å²) in [6.07, 6.45) is 0. The molecule has 0 spiro atoms. The van der Waals surface area contributed by atoms with Crippen molar-refractivity contribution in [2.24, 2.45) is 0 Å². The van der Waals surface area contributed by atoms with Crippen LogP contribution in [0, 0.1) is 27.7 Å². The number of hydrogen-bond donors (Lipinski definition) is 1. The molecular formula is C30H32N2O2. The van der Waals surface area contributed by atoms with Crippen molar-refractivity contribution in [3.8, 4) is 0 Å². The van der Waals surface area contributed by atoms with Crippen LogP contribution in [0.5, 0.6) is 0 Å². The molecule has 3 aromatic carbocycles. The van der Waals surface area contributed by atoms with Gasteiger partial charge in [0.2, 0.25) is 0 Å². The number of hydrogen-bond acceptors (Lipinski definition) is 3. The SMILES string of the molecule is Cc1cc(C)cc(NC2=C(c3ccc(C)c(C)c3)C(=O)N(c3ccc(C(C)(C)C)cc3)C2=O)c1. The van der Waals surface area contributed by atoms with E-state index in [1.165, 1.54) is 4.90 Å². The van der Waals surface area contributed by atoms with Gasteiger partial charge in [-0.2, -0.15) is 0 Å². The first-order valence-electron chi connectivity index (χ1n) is 11.6. The van der Waals surface area contributed by atoms with Crippen molar-refractivity contribution >= 4 is 28.8 Å². The smallest absolute Gasteiger partial charge is 0.282 e. The van der Waals surface area contributed by atoms with Gasteiger partial charge in [0.15, 0.2) is 0 Å². The number of amides is 2. The van der Waals surface area contributed by atoms with Crippen molar-refractivity contribution in [1.29, 1.82) is 0 Å². The molecule has 1 aliphatic rings. The summed E-state index contributed by atoms with van der Waals surface area (Å²) in [7, 11) is 0. The molecule has 0 saturated heterocycles. The highest BCUT2D eigenvalue weighted by Crippen LogP contribution is 2.35. The lowest BCUT2D eigenvalue weighted by atomic mass is 9.87. The maximum Gasteiger partial charge on any atom is 0.282 e. The van der Waals surface area contributed by atoms with Crippen LogP contribution in [0.25, 0.3) is 5.57 Å². The zero-order chi connectivity index (χ0) is 24.8. The highest BCUT2D eigenvalue weighted by molar-refractivity contribution is 6.46. The average molecular weight is 453 g/mol. The van der Waals surface area contributed by atoms with Gasteiger partial charge >= 0.3 is 0 Å². The predicted molar refractivity (Wildman–Crippen MR) is 140 cm³/mol. The molecule has 2 amide bonds. The molecule has 4 heteroatoms. The second-order valence-corrected chi connectivity index (χ2v) is 10.3. The monoisotopic (exact) mass is 452 g/mol. The average Bonchev–Trinajstić information content (AvgIpc) is 2.98. The van der Waals surface area contributed by atoms with Crippen LogP contribution in [0.1, 0.15) is 54.2 Å². The lowest BCUT2D eigenvalue weighted by Gasteiger charge is -2.21. The number of anilines is 2. The molecule has 0 fully saturated rings. The van der Waals surface area contributed by atoms with Crippen molar-refractivity contribution in [3.05, 3.63) is 99.7 Å². The summed E-state index contributed by atoms with van der Waals surface area (Å²) in [5.41, 5.74) is 8.31. The summed E-state index contributed by atoms with van der Waals surface area (Å²) in [6.45, 7) is 14.5. The minimum atomic E-state index is -0.346. The van der Waals surface area contributed by atoms with Gasteiger partial charge in [0.05, 0.1) is 11.3 Å². The molecule has 0 bridgehead atoms. The van der Waals surface area contributed by atoms with E-state index in [-0.39, 0.29) is 17.2 Å². The number of imide groups is 1. The fourth-order valence-corrected chi connectivity index (χ4v) is 4.35. The molecule has 34 heavy (non-hydrogen) atoms. The highest BCUT2D eigenvalue weighted by Gasteiger charge is 2.40. The Balaban J connectivity index is 1.82. The molecule has 0 atom stereocenters. The molecule has 0 saturated carbocycles. The molecule has 4 rings (SSSR count). The van der Waals surface area contributed by atoms with Crippen LogP contribution in [-0.2, 0) is 15.0 Å². The van der Waals surface area contributed by atoms with Crippen LogP contribution < -0.4 is 10.2 Å². The lowest BCUT2D eigenvalue weighted by Crippen LogP contribution is -2.32. The van der Waals surface area contributed by atoms with E-state index < -0.39 is 0 Å². The summed E-state index contributed by atoms with van der Waals surface area (Å²) in [4.78, 5) is 28.7. The van der Waals surface area contributed by atoms with E-state index in [0.29, 0.717) is 17.0 Å². The van der Waals surface area contributed by atoms with Crippen molar-refractivity contribution < 1.29 is 9.59 Å². The minimum Gasteiger partial charge on any atom is -0.350 e. The van der Waals surface area contributed by atoms with Gasteiger partial charge in [0.25, 0.3) is 11.8 Å². The second-order valence-electron chi connectivity index (χ2n) is 10.3. The summed E-state index contributed by atoms with van der Waals surface area (Å²) < 4.78 is 0. The van der Waals surface area contributed by atoms with Crippen LogP contribution in [0.3, 0.4) is 0 Å². The first kappa shape index (κ1) is 23.5. The van der Waals surface area contributed by atoms with E-state index >= 15 is 0 Å². The third-order valence-corrected chi connectivity index (χ3v) is 6.36. The number of carbonyl (C=O) groups excluding carboxylic acids is 2. The highest BCUT2D eigenvalue weighted by atomic mass is 16.2. The molecular weight excluding hydrogens is 420 g/mol. The maximum absolute atomic E-state index is 13.7. The van der Waals surface area contributed by atoms with Gasteiger partial charge in [0, 0.05) is 5.69 Å². The second kappa shape index (κ2) is 8.60. The molecule has 4 nitrogen and oxygen atoms in total. The fourth-order valence-electron chi connectivity index (χ4n) is 4.35. The molecule has 1 heterocycles. The van der Waals surface area contributed by atoms with E-state index in [2.05, 4.69) is 32.2 Å². The molecule has 0 radical (unpaired) electrons. The van der Waals surface area contributed by atoms with Crippen molar-refractivity contribution in [1.82, 2.24) is 0 Å². The Kier molecular flexibility index (Phi) is 5.94. The Bertz CT molecular complexity index is 1300. The first-order valence-corrected chi connectivity index (χ1v) is 11.6. The molecule has 0 aromatic heterocycles. The number of rotatable bonds is 4. The maximum atomic E-state index is 13.7. The number of benzene rings is 3. The Morgan fingerprint density at radius 2 is 1.32 bits per heavy atom. The molecule has 1 aliphatic heterocycles. The third-order valence-electron chi connectivity index (χ3n) is 6.36. The molecule has 3 aromatic rings. The Morgan fingerprint density at radius 1 is 0.706 bits per heavy atom. The lowest BCUT2D eigenvalue weighted by molar-refractivity contribution is -0.120.